The first-order chi connectivity index (χ1) is 11.6. The number of ether oxygens (including phenoxy) is 2. The van der Waals surface area contributed by atoms with Gasteiger partial charge < -0.3 is 29.7 Å². The minimum absolute atomic E-state index is 0.219. The highest BCUT2D eigenvalue weighted by molar-refractivity contribution is 5.99. The van der Waals surface area contributed by atoms with Crippen LogP contribution in [0.3, 0.4) is 0 Å². The molecule has 0 aliphatic heterocycles. The number of methoxy groups -OCH3 is 2. The molecular formula is C18H14N2O4-2. The van der Waals surface area contributed by atoms with Gasteiger partial charge in [0.25, 0.3) is 0 Å². The van der Waals surface area contributed by atoms with Gasteiger partial charge in [-0.05, 0) is 35.0 Å². The minimum Gasteiger partial charge on any atom is -0.871 e. The molecule has 0 saturated carbocycles. The van der Waals surface area contributed by atoms with E-state index in [4.69, 9.17) is 9.47 Å². The molecule has 0 amide bonds. The summed E-state index contributed by atoms with van der Waals surface area (Å²) in [6, 6.07) is 10.3. The highest BCUT2D eigenvalue weighted by atomic mass is 16.5. The van der Waals surface area contributed by atoms with Crippen molar-refractivity contribution in [3.05, 3.63) is 36.4 Å². The summed E-state index contributed by atoms with van der Waals surface area (Å²) in [5.41, 5.74) is 1.76. The number of hydrogen-bond donors (Lipinski definition) is 2. The predicted molar refractivity (Wildman–Crippen MR) is 87.6 cm³/mol. The molecule has 0 fully saturated rings. The van der Waals surface area contributed by atoms with E-state index in [2.05, 4.69) is 9.97 Å². The molecule has 0 unspecified atom stereocenters. The third-order valence-electron chi connectivity index (χ3n) is 4.17. The fraction of sp³-hybridized carbons (Fsp3) is 0.111. The average Bonchev–Trinajstić information content (AvgIpc) is 3.11. The highest BCUT2D eigenvalue weighted by Crippen LogP contribution is 2.41. The summed E-state index contributed by atoms with van der Waals surface area (Å²) in [6.07, 6.45) is 0. The van der Waals surface area contributed by atoms with E-state index in [1.807, 2.05) is 0 Å². The van der Waals surface area contributed by atoms with Gasteiger partial charge in [-0.1, -0.05) is 11.5 Å². The lowest BCUT2D eigenvalue weighted by Crippen LogP contribution is -1.95. The Labute approximate surface area is 137 Å². The van der Waals surface area contributed by atoms with Gasteiger partial charge in [0.05, 0.1) is 25.6 Å². The highest BCUT2D eigenvalue weighted by Gasteiger charge is 2.12. The fourth-order valence-corrected chi connectivity index (χ4v) is 2.91. The molecule has 0 aliphatic carbocycles. The summed E-state index contributed by atoms with van der Waals surface area (Å²) < 4.78 is 10.3. The normalized spacial score (nSPS) is 11.2. The Morgan fingerprint density at radius 1 is 0.708 bits per heavy atom. The van der Waals surface area contributed by atoms with Gasteiger partial charge >= 0.3 is 0 Å². The van der Waals surface area contributed by atoms with Crippen LogP contribution in [0.5, 0.6) is 23.0 Å². The zero-order valence-corrected chi connectivity index (χ0v) is 13.1. The summed E-state index contributed by atoms with van der Waals surface area (Å²) in [4.78, 5) is 6.06. The van der Waals surface area contributed by atoms with Crippen molar-refractivity contribution in [2.75, 3.05) is 14.2 Å². The topological polar surface area (TPSA) is 96.2 Å². The molecule has 6 heteroatoms. The Morgan fingerprint density at radius 3 is 1.50 bits per heavy atom. The fourth-order valence-electron chi connectivity index (χ4n) is 2.91. The maximum absolute atomic E-state index is 12.6. The van der Waals surface area contributed by atoms with Gasteiger partial charge in [-0.15, -0.1) is 0 Å². The second kappa shape index (κ2) is 5.13. The van der Waals surface area contributed by atoms with E-state index in [0.29, 0.717) is 33.3 Å². The SMILES string of the molecule is COc1ccc2c([O-])c(-c3[nH]c4cc(OC)ccc4c3[O-])[nH]c2c1. The first kappa shape index (κ1) is 14.3. The molecule has 2 heterocycles. The van der Waals surface area contributed by atoms with Crippen molar-refractivity contribution in [1.29, 1.82) is 0 Å². The van der Waals surface area contributed by atoms with E-state index >= 15 is 0 Å². The third kappa shape index (κ3) is 1.96. The van der Waals surface area contributed by atoms with E-state index in [9.17, 15) is 10.2 Å². The Morgan fingerprint density at radius 2 is 1.12 bits per heavy atom. The summed E-state index contributed by atoms with van der Waals surface area (Å²) in [5, 5.41) is 26.3. The molecule has 0 saturated heterocycles. The maximum atomic E-state index is 12.6. The molecule has 0 radical (unpaired) electrons. The van der Waals surface area contributed by atoms with Crippen molar-refractivity contribution in [2.24, 2.45) is 0 Å². The molecule has 0 aliphatic rings. The second-order valence-electron chi connectivity index (χ2n) is 5.48. The smallest absolute Gasteiger partial charge is 0.120 e. The monoisotopic (exact) mass is 322 g/mol. The number of rotatable bonds is 3. The van der Waals surface area contributed by atoms with Gasteiger partial charge in [0.15, 0.2) is 0 Å². The van der Waals surface area contributed by atoms with E-state index in [1.54, 1.807) is 50.6 Å². The molecule has 2 aromatic heterocycles. The standard InChI is InChI=1S/C18H16N2O4/c1-23-9-3-5-11-13(7-9)19-15(17(11)21)16-18(22)12-6-4-10(24-2)8-14(12)20-16/h3-8,19-22H,1-2H3/p-2. The second-order valence-corrected chi connectivity index (χ2v) is 5.48. The molecule has 2 aromatic carbocycles. The molecule has 4 rings (SSSR count). The predicted octanol–water partition coefficient (Wildman–Crippen LogP) is 2.48. The van der Waals surface area contributed by atoms with Crippen LogP contribution in [-0.4, -0.2) is 24.2 Å². The van der Waals surface area contributed by atoms with Crippen LogP contribution in [0.25, 0.3) is 33.2 Å². The van der Waals surface area contributed by atoms with Gasteiger partial charge in [0, 0.05) is 23.2 Å². The zero-order valence-electron chi connectivity index (χ0n) is 13.1. The Kier molecular flexibility index (Phi) is 3.06. The number of hydrogen-bond acceptors (Lipinski definition) is 4. The van der Waals surface area contributed by atoms with Crippen LogP contribution in [-0.2, 0) is 0 Å². The summed E-state index contributed by atoms with van der Waals surface area (Å²) in [7, 11) is 3.12. The van der Waals surface area contributed by atoms with Crippen LogP contribution in [0.4, 0.5) is 0 Å². The number of benzene rings is 2. The average molecular weight is 322 g/mol. The van der Waals surface area contributed by atoms with Crippen LogP contribution >= 0.6 is 0 Å². The summed E-state index contributed by atoms with van der Waals surface area (Å²) in [6.45, 7) is 0. The van der Waals surface area contributed by atoms with Gasteiger partial charge in [0.2, 0.25) is 0 Å². The largest absolute Gasteiger partial charge is 0.871 e. The number of H-pyrrole nitrogens is 2. The van der Waals surface area contributed by atoms with Gasteiger partial charge in [-0.3, -0.25) is 0 Å². The lowest BCUT2D eigenvalue weighted by Gasteiger charge is -2.11. The Balaban J connectivity index is 1.95. The Hall–Kier alpha value is -3.28. The van der Waals surface area contributed by atoms with Crippen molar-refractivity contribution >= 4 is 21.8 Å². The molecule has 122 valence electrons. The van der Waals surface area contributed by atoms with Crippen LogP contribution in [0, 0.1) is 0 Å². The molecular weight excluding hydrogens is 308 g/mol. The quantitative estimate of drug-likeness (QED) is 0.605. The third-order valence-corrected chi connectivity index (χ3v) is 4.17. The molecule has 0 atom stereocenters. The lowest BCUT2D eigenvalue weighted by molar-refractivity contribution is -0.268. The van der Waals surface area contributed by atoms with E-state index in [1.165, 1.54) is 0 Å². The van der Waals surface area contributed by atoms with Crippen molar-refractivity contribution in [1.82, 2.24) is 9.97 Å². The maximum Gasteiger partial charge on any atom is 0.120 e. The van der Waals surface area contributed by atoms with E-state index < -0.39 is 0 Å². The minimum atomic E-state index is -0.219. The van der Waals surface area contributed by atoms with Crippen molar-refractivity contribution in [2.45, 2.75) is 0 Å². The molecule has 6 nitrogen and oxygen atoms in total. The first-order valence-corrected chi connectivity index (χ1v) is 7.36. The van der Waals surface area contributed by atoms with Crippen molar-refractivity contribution < 1.29 is 19.7 Å². The summed E-state index contributed by atoms with van der Waals surface area (Å²) >= 11 is 0. The van der Waals surface area contributed by atoms with E-state index in [-0.39, 0.29) is 22.9 Å². The van der Waals surface area contributed by atoms with Crippen LogP contribution in [0.1, 0.15) is 0 Å². The molecule has 0 spiro atoms. The van der Waals surface area contributed by atoms with Crippen molar-refractivity contribution in [3.63, 3.8) is 0 Å². The number of aromatic amines is 2. The van der Waals surface area contributed by atoms with Crippen molar-refractivity contribution in [3.8, 4) is 34.4 Å². The molecule has 2 N–H and O–H groups in total. The number of fused-ring (bicyclic) bond motifs is 2. The zero-order chi connectivity index (χ0) is 16.8. The van der Waals surface area contributed by atoms with E-state index in [0.717, 1.165) is 0 Å². The number of aromatic nitrogens is 2. The number of nitrogens with one attached hydrogen (secondary N) is 2. The molecule has 4 aromatic rings. The lowest BCUT2D eigenvalue weighted by atomic mass is 10.2. The van der Waals surface area contributed by atoms with Gasteiger partial charge in [-0.25, -0.2) is 0 Å². The van der Waals surface area contributed by atoms with Crippen LogP contribution in [0.15, 0.2) is 36.4 Å². The Bertz CT molecular complexity index is 976. The first-order valence-electron chi connectivity index (χ1n) is 7.36. The van der Waals surface area contributed by atoms with Gasteiger partial charge in [-0.2, -0.15) is 0 Å². The molecule has 0 bridgehead atoms. The van der Waals surface area contributed by atoms with Crippen LogP contribution < -0.4 is 19.7 Å². The summed E-state index contributed by atoms with van der Waals surface area (Å²) in [5.74, 6) is 0.838. The van der Waals surface area contributed by atoms with Crippen LogP contribution in [0.2, 0.25) is 0 Å². The van der Waals surface area contributed by atoms with Gasteiger partial charge in [0.1, 0.15) is 11.5 Å². The molecule has 24 heavy (non-hydrogen) atoms.